The lowest BCUT2D eigenvalue weighted by Crippen LogP contribution is -2.28. The number of hydrogen-bond donors (Lipinski definition) is 2. The Bertz CT molecular complexity index is 499. The summed E-state index contributed by atoms with van der Waals surface area (Å²) in [6.45, 7) is 1.26. The summed E-state index contributed by atoms with van der Waals surface area (Å²) in [6, 6.07) is 5.85. The molecule has 5 nitrogen and oxygen atoms in total. The highest BCUT2D eigenvalue weighted by Crippen LogP contribution is 2.24. The number of carbonyl (C=O) groups is 2. The van der Waals surface area contributed by atoms with Crippen molar-refractivity contribution in [3.05, 3.63) is 29.3 Å². The largest absolute Gasteiger partial charge is 0.341 e. The summed E-state index contributed by atoms with van der Waals surface area (Å²) in [5.74, 6) is 0.148. The molecule has 0 bridgehead atoms. The van der Waals surface area contributed by atoms with Crippen LogP contribution in [0.4, 0.5) is 5.69 Å². The van der Waals surface area contributed by atoms with E-state index < -0.39 is 0 Å². The van der Waals surface area contributed by atoms with Crippen molar-refractivity contribution in [1.29, 1.82) is 0 Å². The number of benzene rings is 1. The highest BCUT2D eigenvalue weighted by Gasteiger charge is 2.18. The summed E-state index contributed by atoms with van der Waals surface area (Å²) in [5.41, 5.74) is 2.95. The van der Waals surface area contributed by atoms with E-state index in [4.69, 9.17) is 0 Å². The third-order valence-electron chi connectivity index (χ3n) is 3.23. The van der Waals surface area contributed by atoms with E-state index in [0.29, 0.717) is 25.9 Å². The molecule has 1 aliphatic heterocycles. The van der Waals surface area contributed by atoms with Crippen LogP contribution in [0.3, 0.4) is 0 Å². The van der Waals surface area contributed by atoms with Crippen LogP contribution in [0, 0.1) is 0 Å². The average Bonchev–Trinajstić information content (AvgIpc) is 2.75. The number of rotatable bonds is 5. The molecule has 2 amide bonds. The molecule has 19 heavy (non-hydrogen) atoms. The van der Waals surface area contributed by atoms with Crippen molar-refractivity contribution < 1.29 is 9.59 Å². The van der Waals surface area contributed by atoms with Gasteiger partial charge in [-0.25, -0.2) is 0 Å². The van der Waals surface area contributed by atoms with Crippen LogP contribution in [0.25, 0.3) is 0 Å². The maximum atomic E-state index is 11.8. The molecule has 0 spiro atoms. The Kier molecular flexibility index (Phi) is 4.16. The van der Waals surface area contributed by atoms with Crippen LogP contribution in [-0.4, -0.2) is 37.4 Å². The number of fused-ring (bicyclic) bond motifs is 1. The van der Waals surface area contributed by atoms with Gasteiger partial charge in [-0.1, -0.05) is 12.1 Å². The monoisotopic (exact) mass is 261 g/mol. The minimum Gasteiger partial charge on any atom is -0.341 e. The SMILES string of the molecule is CNCCC(=O)N(C)Cc1ccc2c(c1)CC(=O)N2. The van der Waals surface area contributed by atoms with E-state index in [-0.39, 0.29) is 11.8 Å². The first-order valence-electron chi connectivity index (χ1n) is 6.40. The van der Waals surface area contributed by atoms with Crippen LogP contribution in [0.15, 0.2) is 18.2 Å². The molecule has 1 aliphatic rings. The molecule has 0 fully saturated rings. The zero-order chi connectivity index (χ0) is 13.8. The van der Waals surface area contributed by atoms with Crippen molar-refractivity contribution in [1.82, 2.24) is 10.2 Å². The zero-order valence-corrected chi connectivity index (χ0v) is 11.3. The molecule has 1 heterocycles. The molecule has 0 aliphatic carbocycles. The van der Waals surface area contributed by atoms with Crippen molar-refractivity contribution in [2.24, 2.45) is 0 Å². The van der Waals surface area contributed by atoms with E-state index in [1.807, 2.05) is 25.2 Å². The first-order chi connectivity index (χ1) is 9.10. The number of amides is 2. The average molecular weight is 261 g/mol. The molecule has 0 unspecified atom stereocenters. The molecule has 5 heteroatoms. The van der Waals surface area contributed by atoms with Crippen LogP contribution in [0.5, 0.6) is 0 Å². The van der Waals surface area contributed by atoms with Crippen molar-refractivity contribution in [2.75, 3.05) is 26.0 Å². The van der Waals surface area contributed by atoms with Crippen molar-refractivity contribution in [2.45, 2.75) is 19.4 Å². The Morgan fingerprint density at radius 2 is 2.26 bits per heavy atom. The number of nitrogens with one attached hydrogen (secondary N) is 2. The van der Waals surface area contributed by atoms with Gasteiger partial charge in [0, 0.05) is 32.2 Å². The Balaban J connectivity index is 1.98. The van der Waals surface area contributed by atoms with Crippen molar-refractivity contribution >= 4 is 17.5 Å². The zero-order valence-electron chi connectivity index (χ0n) is 11.3. The molecule has 0 saturated heterocycles. The fraction of sp³-hybridized carbons (Fsp3) is 0.429. The number of anilines is 1. The van der Waals surface area contributed by atoms with E-state index >= 15 is 0 Å². The highest BCUT2D eigenvalue weighted by atomic mass is 16.2. The minimum atomic E-state index is 0.0330. The number of hydrogen-bond acceptors (Lipinski definition) is 3. The van der Waals surface area contributed by atoms with Gasteiger partial charge in [-0.05, 0) is 24.2 Å². The van der Waals surface area contributed by atoms with Gasteiger partial charge in [-0.2, -0.15) is 0 Å². The highest BCUT2D eigenvalue weighted by molar-refractivity contribution is 5.99. The summed E-state index contributed by atoms with van der Waals surface area (Å²) in [4.78, 5) is 24.8. The maximum Gasteiger partial charge on any atom is 0.228 e. The van der Waals surface area contributed by atoms with Gasteiger partial charge in [0.1, 0.15) is 0 Å². The smallest absolute Gasteiger partial charge is 0.228 e. The second kappa shape index (κ2) is 5.84. The molecular weight excluding hydrogens is 242 g/mol. The van der Waals surface area contributed by atoms with Gasteiger partial charge in [0.2, 0.25) is 11.8 Å². The Labute approximate surface area is 113 Å². The Hall–Kier alpha value is -1.88. The van der Waals surface area contributed by atoms with Gasteiger partial charge in [0.25, 0.3) is 0 Å². The lowest BCUT2D eigenvalue weighted by atomic mass is 10.1. The second-order valence-electron chi connectivity index (χ2n) is 4.82. The normalized spacial score (nSPS) is 13.1. The van der Waals surface area contributed by atoms with E-state index in [0.717, 1.165) is 16.8 Å². The number of nitrogens with zero attached hydrogens (tertiary/aromatic N) is 1. The van der Waals surface area contributed by atoms with Crippen molar-refractivity contribution in [3.8, 4) is 0 Å². The molecule has 2 rings (SSSR count). The first-order valence-corrected chi connectivity index (χ1v) is 6.40. The van der Waals surface area contributed by atoms with Gasteiger partial charge in [-0.15, -0.1) is 0 Å². The van der Waals surface area contributed by atoms with Crippen LogP contribution in [0.1, 0.15) is 17.5 Å². The molecule has 0 atom stereocenters. The second-order valence-corrected chi connectivity index (χ2v) is 4.82. The van der Waals surface area contributed by atoms with E-state index in [2.05, 4.69) is 10.6 Å². The van der Waals surface area contributed by atoms with E-state index in [1.54, 1.807) is 11.9 Å². The van der Waals surface area contributed by atoms with Crippen LogP contribution >= 0.6 is 0 Å². The summed E-state index contributed by atoms with van der Waals surface area (Å²) >= 11 is 0. The van der Waals surface area contributed by atoms with Crippen molar-refractivity contribution in [3.63, 3.8) is 0 Å². The quantitative estimate of drug-likeness (QED) is 0.822. The first kappa shape index (κ1) is 13.5. The third kappa shape index (κ3) is 3.32. The Morgan fingerprint density at radius 3 is 3.00 bits per heavy atom. The van der Waals surface area contributed by atoms with Gasteiger partial charge in [-0.3, -0.25) is 9.59 Å². The summed E-state index contributed by atoms with van der Waals surface area (Å²) in [7, 11) is 3.63. The summed E-state index contributed by atoms with van der Waals surface area (Å²) in [6.07, 6.45) is 0.929. The van der Waals surface area contributed by atoms with Crippen LogP contribution in [0.2, 0.25) is 0 Å². The number of carbonyl (C=O) groups excluding carboxylic acids is 2. The topological polar surface area (TPSA) is 61.4 Å². The Morgan fingerprint density at radius 1 is 1.47 bits per heavy atom. The molecule has 0 radical (unpaired) electrons. The molecule has 102 valence electrons. The molecule has 1 aromatic carbocycles. The molecule has 0 saturated carbocycles. The van der Waals surface area contributed by atoms with Gasteiger partial charge in [0.05, 0.1) is 6.42 Å². The van der Waals surface area contributed by atoms with Crippen LogP contribution < -0.4 is 10.6 Å². The van der Waals surface area contributed by atoms with Crippen LogP contribution in [-0.2, 0) is 22.6 Å². The lowest BCUT2D eigenvalue weighted by molar-refractivity contribution is -0.130. The molecule has 1 aromatic rings. The molecular formula is C14H19N3O2. The van der Waals surface area contributed by atoms with Gasteiger partial charge in [0.15, 0.2) is 0 Å². The summed E-state index contributed by atoms with van der Waals surface area (Å²) < 4.78 is 0. The summed E-state index contributed by atoms with van der Waals surface area (Å²) in [5, 5.41) is 5.76. The fourth-order valence-electron chi connectivity index (χ4n) is 2.17. The standard InChI is InChI=1S/C14H19N3O2/c1-15-6-5-14(19)17(2)9-10-3-4-12-11(7-10)8-13(18)16-12/h3-4,7,15H,5-6,8-9H2,1-2H3,(H,16,18). The van der Waals surface area contributed by atoms with E-state index in [1.165, 1.54) is 0 Å². The fourth-order valence-corrected chi connectivity index (χ4v) is 2.17. The maximum absolute atomic E-state index is 11.8. The predicted octanol–water partition coefficient (Wildman–Crippen LogP) is 0.749. The molecule has 2 N–H and O–H groups in total. The van der Waals surface area contributed by atoms with Gasteiger partial charge < -0.3 is 15.5 Å². The lowest BCUT2D eigenvalue weighted by Gasteiger charge is -2.17. The molecule has 0 aromatic heterocycles. The van der Waals surface area contributed by atoms with Gasteiger partial charge >= 0.3 is 0 Å². The van der Waals surface area contributed by atoms with E-state index in [9.17, 15) is 9.59 Å². The minimum absolute atomic E-state index is 0.0330. The predicted molar refractivity (Wildman–Crippen MR) is 73.8 cm³/mol. The third-order valence-corrected chi connectivity index (χ3v) is 3.23.